The quantitative estimate of drug-likeness (QED) is 0.215. The highest BCUT2D eigenvalue weighted by atomic mass is 16.3. The van der Waals surface area contributed by atoms with Gasteiger partial charge in [0, 0.05) is 0 Å². The van der Waals surface area contributed by atoms with Crippen LogP contribution in [-0.4, -0.2) is 10.2 Å². The van der Waals surface area contributed by atoms with Crippen molar-refractivity contribution in [2.45, 2.75) is 0 Å². The smallest absolute Gasteiger partial charge is 0.115 e. The molecule has 2 aliphatic rings. The summed E-state index contributed by atoms with van der Waals surface area (Å²) in [5.41, 5.74) is 8.02. The average molecular weight is 547 g/mol. The van der Waals surface area contributed by atoms with Crippen molar-refractivity contribution in [3.63, 3.8) is 0 Å². The molecule has 0 saturated heterocycles. The van der Waals surface area contributed by atoms with Crippen molar-refractivity contribution in [1.29, 1.82) is 0 Å². The maximum atomic E-state index is 8.63. The van der Waals surface area contributed by atoms with E-state index in [-0.39, 0.29) is 0 Å². The van der Waals surface area contributed by atoms with Gasteiger partial charge in [-0.2, -0.15) is 0 Å². The Morgan fingerprint density at radius 3 is 0.619 bits per heavy atom. The summed E-state index contributed by atoms with van der Waals surface area (Å²) in [5.74, 6) is 0.644. The highest BCUT2D eigenvalue weighted by molar-refractivity contribution is 5.85. The van der Waals surface area contributed by atoms with E-state index in [2.05, 4.69) is 121 Å². The molecule has 0 bridgehead atoms. The van der Waals surface area contributed by atoms with Crippen LogP contribution in [0.1, 0.15) is 22.3 Å². The van der Waals surface area contributed by atoms with E-state index in [9.17, 15) is 0 Å². The van der Waals surface area contributed by atoms with Crippen molar-refractivity contribution in [1.82, 2.24) is 0 Å². The van der Waals surface area contributed by atoms with Crippen LogP contribution in [0.4, 0.5) is 0 Å². The lowest BCUT2D eigenvalue weighted by Gasteiger charge is -2.06. The molecule has 2 N–H and O–H groups in total. The minimum atomic E-state index is 0.322. The highest BCUT2D eigenvalue weighted by Gasteiger charge is 2.00. The molecule has 8 rings (SSSR count). The van der Waals surface area contributed by atoms with Crippen LogP contribution >= 0.6 is 0 Å². The zero-order chi connectivity index (χ0) is 29.2. The third-order valence-corrected chi connectivity index (χ3v) is 6.27. The lowest BCUT2D eigenvalue weighted by Crippen LogP contribution is -1.85. The van der Waals surface area contributed by atoms with E-state index in [0.29, 0.717) is 11.5 Å². The summed E-state index contributed by atoms with van der Waals surface area (Å²) in [6.07, 6.45) is 8.48. The first-order valence-corrected chi connectivity index (χ1v) is 13.8. The van der Waals surface area contributed by atoms with Gasteiger partial charge in [0.05, 0.1) is 0 Å². The van der Waals surface area contributed by atoms with Gasteiger partial charge in [-0.25, -0.2) is 0 Å². The van der Waals surface area contributed by atoms with Crippen LogP contribution in [0.5, 0.6) is 11.5 Å². The molecule has 0 aromatic heterocycles. The lowest BCUT2D eigenvalue weighted by atomic mass is 9.99. The SMILES string of the molecule is C1=Cc2ccccc21.C1=Cc2ccccc21.Oc1ccccc1.Oc1ccccc1.c1ccc(-c2ccccc2)cc1. The van der Waals surface area contributed by atoms with Crippen molar-refractivity contribution >= 4 is 24.3 Å². The Morgan fingerprint density at radius 2 is 0.452 bits per heavy atom. The van der Waals surface area contributed by atoms with Crippen molar-refractivity contribution in [2.75, 3.05) is 0 Å². The van der Waals surface area contributed by atoms with Crippen molar-refractivity contribution in [3.8, 4) is 22.6 Å². The van der Waals surface area contributed by atoms with E-state index in [1.54, 1.807) is 48.5 Å². The van der Waals surface area contributed by atoms with Gasteiger partial charge in [-0.1, -0.05) is 170 Å². The highest BCUT2D eigenvalue weighted by Crippen LogP contribution is 2.22. The number of phenols is 2. The first-order valence-electron chi connectivity index (χ1n) is 13.8. The Balaban J connectivity index is 0.000000123. The van der Waals surface area contributed by atoms with E-state index in [1.807, 2.05) is 24.3 Å². The van der Waals surface area contributed by atoms with Crippen molar-refractivity contribution < 1.29 is 10.2 Å². The van der Waals surface area contributed by atoms with Crippen LogP contribution < -0.4 is 0 Å². The number of phenolic OH excluding ortho intramolecular Hbond substituents is 2. The van der Waals surface area contributed by atoms with E-state index in [0.717, 1.165) is 0 Å². The number of hydrogen-bond donors (Lipinski definition) is 2. The molecule has 0 radical (unpaired) electrons. The molecule has 42 heavy (non-hydrogen) atoms. The molecule has 0 aliphatic heterocycles. The van der Waals surface area contributed by atoms with E-state index in [1.165, 1.54) is 33.4 Å². The molecule has 0 heterocycles. The summed E-state index contributed by atoms with van der Waals surface area (Å²) in [6.45, 7) is 0. The Hall–Kier alpha value is -5.60. The second-order valence-corrected chi connectivity index (χ2v) is 9.33. The number of para-hydroxylation sites is 2. The minimum Gasteiger partial charge on any atom is -0.508 e. The number of aromatic hydroxyl groups is 2. The molecule has 2 aliphatic carbocycles. The second kappa shape index (κ2) is 16.5. The number of hydrogen-bond acceptors (Lipinski definition) is 2. The van der Waals surface area contributed by atoms with Gasteiger partial charge < -0.3 is 10.2 Å². The van der Waals surface area contributed by atoms with Gasteiger partial charge in [-0.3, -0.25) is 0 Å². The summed E-state index contributed by atoms with van der Waals surface area (Å²) in [7, 11) is 0. The molecule has 0 unspecified atom stereocenters. The van der Waals surface area contributed by atoms with Gasteiger partial charge in [0.25, 0.3) is 0 Å². The topological polar surface area (TPSA) is 40.5 Å². The standard InChI is InChI=1S/C12H10.2C8H6.2C6H6O/c1-3-7-11(8-4-1)12-9-5-2-6-10-12;2*1-2-4-8-6-5-7(8)3-1;2*7-6-4-2-1-3-5-6/h1-10H;2*1-6H;2*1-5,7H. The Morgan fingerprint density at radius 1 is 0.238 bits per heavy atom. The van der Waals surface area contributed by atoms with Crippen LogP contribution in [0.2, 0.25) is 0 Å². The molecular weight excluding hydrogens is 512 g/mol. The van der Waals surface area contributed by atoms with Gasteiger partial charge >= 0.3 is 0 Å². The summed E-state index contributed by atoms with van der Waals surface area (Å²) in [5, 5.41) is 17.3. The van der Waals surface area contributed by atoms with Crippen molar-refractivity contribution in [2.24, 2.45) is 0 Å². The zero-order valence-corrected chi connectivity index (χ0v) is 23.4. The second-order valence-electron chi connectivity index (χ2n) is 9.33. The minimum absolute atomic E-state index is 0.322. The van der Waals surface area contributed by atoms with Gasteiger partial charge in [0.15, 0.2) is 0 Å². The Kier molecular flexibility index (Phi) is 11.5. The Labute approximate surface area is 248 Å². The third-order valence-electron chi connectivity index (χ3n) is 6.27. The van der Waals surface area contributed by atoms with Gasteiger partial charge in [0.2, 0.25) is 0 Å². The molecular formula is C40H34O2. The first kappa shape index (κ1) is 29.4. The van der Waals surface area contributed by atoms with Crippen molar-refractivity contribution in [3.05, 3.63) is 192 Å². The third kappa shape index (κ3) is 9.86. The lowest BCUT2D eigenvalue weighted by molar-refractivity contribution is 0.475. The molecule has 0 fully saturated rings. The number of fused-ring (bicyclic) bond motifs is 2. The summed E-state index contributed by atoms with van der Waals surface area (Å²) >= 11 is 0. The molecule has 0 saturated carbocycles. The van der Waals surface area contributed by atoms with Crippen LogP contribution in [0.15, 0.2) is 170 Å². The van der Waals surface area contributed by atoms with Crippen LogP contribution in [0, 0.1) is 0 Å². The van der Waals surface area contributed by atoms with E-state index < -0.39 is 0 Å². The maximum absolute atomic E-state index is 8.63. The van der Waals surface area contributed by atoms with Gasteiger partial charge in [0.1, 0.15) is 11.5 Å². The number of benzene rings is 6. The Bertz CT molecular complexity index is 1480. The average Bonchev–Trinajstić information content (AvgIpc) is 3.02. The molecule has 2 heteroatoms. The monoisotopic (exact) mass is 546 g/mol. The van der Waals surface area contributed by atoms with E-state index in [4.69, 9.17) is 10.2 Å². The van der Waals surface area contributed by atoms with Gasteiger partial charge in [-0.15, -0.1) is 0 Å². The fourth-order valence-electron chi connectivity index (χ4n) is 3.91. The maximum Gasteiger partial charge on any atom is 0.115 e. The summed E-state index contributed by atoms with van der Waals surface area (Å²) < 4.78 is 0. The predicted molar refractivity (Wildman–Crippen MR) is 179 cm³/mol. The van der Waals surface area contributed by atoms with Crippen LogP contribution in [0.25, 0.3) is 35.4 Å². The predicted octanol–water partition coefficient (Wildman–Crippen LogP) is 10.5. The fourth-order valence-corrected chi connectivity index (χ4v) is 3.91. The molecule has 0 atom stereocenters. The zero-order valence-electron chi connectivity index (χ0n) is 23.4. The fraction of sp³-hybridized carbons (Fsp3) is 0. The summed E-state index contributed by atoms with van der Waals surface area (Å²) in [6, 6.07) is 54.9. The molecule has 2 nitrogen and oxygen atoms in total. The van der Waals surface area contributed by atoms with Crippen LogP contribution in [0.3, 0.4) is 0 Å². The van der Waals surface area contributed by atoms with Gasteiger partial charge in [-0.05, 0) is 57.6 Å². The first-order chi connectivity index (χ1) is 20.7. The van der Waals surface area contributed by atoms with Crippen LogP contribution in [-0.2, 0) is 0 Å². The molecule has 0 spiro atoms. The number of rotatable bonds is 1. The largest absolute Gasteiger partial charge is 0.508 e. The summed E-state index contributed by atoms with van der Waals surface area (Å²) in [4.78, 5) is 0. The van der Waals surface area contributed by atoms with E-state index >= 15 is 0 Å². The molecule has 6 aromatic carbocycles. The normalized spacial score (nSPS) is 10.4. The molecule has 206 valence electrons. The molecule has 0 amide bonds. The molecule has 6 aromatic rings.